The Kier molecular flexibility index (Phi) is 6.11. The van der Waals surface area contributed by atoms with Crippen molar-refractivity contribution in [2.75, 3.05) is 6.54 Å². The van der Waals surface area contributed by atoms with Gasteiger partial charge < -0.3 is 10.4 Å². The summed E-state index contributed by atoms with van der Waals surface area (Å²) < 4.78 is 1.94. The predicted molar refractivity (Wildman–Crippen MR) is 99.6 cm³/mol. The highest BCUT2D eigenvalue weighted by molar-refractivity contribution is 5.66. The lowest BCUT2D eigenvalue weighted by Gasteiger charge is -2.04. The van der Waals surface area contributed by atoms with Crippen LogP contribution in [0.15, 0.2) is 61.1 Å². The molecule has 0 aliphatic rings. The number of carbonyl (C=O) groups is 1. The molecule has 0 saturated heterocycles. The second kappa shape index (κ2) is 8.92. The van der Waals surface area contributed by atoms with E-state index in [1.165, 1.54) is 5.56 Å². The summed E-state index contributed by atoms with van der Waals surface area (Å²) in [4.78, 5) is 14.8. The van der Waals surface area contributed by atoms with Crippen LogP contribution in [0, 0.1) is 0 Å². The third kappa shape index (κ3) is 5.00. The van der Waals surface area contributed by atoms with Crippen molar-refractivity contribution in [3.63, 3.8) is 0 Å². The molecule has 6 nitrogen and oxygen atoms in total. The molecule has 1 aromatic carbocycles. The number of pyridine rings is 1. The molecular formula is C20H22N4O2. The summed E-state index contributed by atoms with van der Waals surface area (Å²) in [6.45, 7) is 1.99. The standard InChI is InChI=1S/C20H22N4O2/c25-19(26)9-5-11-22-13-18-15-24(14-16-6-2-1-3-7-16)23-20(18)17-8-4-10-21-12-17/h1-4,6-8,10,12,15,22H,5,9,11,13-14H2,(H,25,26). The average Bonchev–Trinajstić information content (AvgIpc) is 3.05. The Morgan fingerprint density at radius 1 is 1.15 bits per heavy atom. The van der Waals surface area contributed by atoms with Crippen molar-refractivity contribution >= 4 is 5.97 Å². The minimum Gasteiger partial charge on any atom is -0.481 e. The number of hydrogen-bond donors (Lipinski definition) is 2. The number of carboxylic acid groups (broad SMARTS) is 1. The molecule has 26 heavy (non-hydrogen) atoms. The normalized spacial score (nSPS) is 10.8. The van der Waals surface area contributed by atoms with Crippen LogP contribution in [-0.2, 0) is 17.9 Å². The highest BCUT2D eigenvalue weighted by atomic mass is 16.4. The van der Waals surface area contributed by atoms with Gasteiger partial charge in [0.25, 0.3) is 0 Å². The minimum absolute atomic E-state index is 0.176. The van der Waals surface area contributed by atoms with Crippen molar-refractivity contribution in [2.24, 2.45) is 0 Å². The third-order valence-electron chi connectivity index (χ3n) is 4.02. The SMILES string of the molecule is O=C(O)CCCNCc1cn(Cc2ccccc2)nc1-c1cccnc1. The van der Waals surface area contributed by atoms with Gasteiger partial charge in [0.2, 0.25) is 0 Å². The Labute approximate surface area is 152 Å². The second-order valence-corrected chi connectivity index (χ2v) is 6.10. The van der Waals surface area contributed by atoms with Crippen molar-refractivity contribution in [3.8, 4) is 11.3 Å². The molecule has 0 bridgehead atoms. The van der Waals surface area contributed by atoms with Gasteiger partial charge in [-0.2, -0.15) is 5.10 Å². The highest BCUT2D eigenvalue weighted by Crippen LogP contribution is 2.21. The van der Waals surface area contributed by atoms with Crippen molar-refractivity contribution in [2.45, 2.75) is 25.9 Å². The van der Waals surface area contributed by atoms with E-state index in [0.29, 0.717) is 26.1 Å². The molecule has 0 unspecified atom stereocenters. The van der Waals surface area contributed by atoms with Crippen LogP contribution in [0.4, 0.5) is 0 Å². The molecule has 134 valence electrons. The molecule has 3 aromatic rings. The Bertz CT molecular complexity index is 832. The van der Waals surface area contributed by atoms with E-state index in [9.17, 15) is 4.79 Å². The lowest BCUT2D eigenvalue weighted by molar-refractivity contribution is -0.137. The summed E-state index contributed by atoms with van der Waals surface area (Å²) in [6, 6.07) is 14.1. The molecule has 3 rings (SSSR count). The molecule has 2 heterocycles. The van der Waals surface area contributed by atoms with Gasteiger partial charge in [0.05, 0.1) is 12.2 Å². The largest absolute Gasteiger partial charge is 0.481 e. The minimum atomic E-state index is -0.765. The number of aliphatic carboxylic acids is 1. The van der Waals surface area contributed by atoms with E-state index in [2.05, 4.69) is 22.4 Å². The third-order valence-corrected chi connectivity index (χ3v) is 4.02. The zero-order chi connectivity index (χ0) is 18.2. The molecule has 6 heteroatoms. The molecular weight excluding hydrogens is 328 g/mol. The van der Waals surface area contributed by atoms with Crippen LogP contribution in [0.1, 0.15) is 24.0 Å². The van der Waals surface area contributed by atoms with Crippen molar-refractivity contribution < 1.29 is 9.90 Å². The summed E-state index contributed by atoms with van der Waals surface area (Å²) in [5.74, 6) is -0.765. The number of nitrogens with zero attached hydrogens (tertiary/aromatic N) is 3. The van der Waals surface area contributed by atoms with Crippen LogP contribution in [0.2, 0.25) is 0 Å². The van der Waals surface area contributed by atoms with Crippen molar-refractivity contribution in [1.29, 1.82) is 0 Å². The molecule has 2 aromatic heterocycles. The zero-order valence-electron chi connectivity index (χ0n) is 14.5. The fraction of sp³-hybridized carbons (Fsp3) is 0.250. The Hall–Kier alpha value is -2.99. The van der Waals surface area contributed by atoms with Crippen LogP contribution in [0.25, 0.3) is 11.3 Å². The van der Waals surface area contributed by atoms with Gasteiger partial charge >= 0.3 is 5.97 Å². The van der Waals surface area contributed by atoms with Gasteiger partial charge in [0, 0.05) is 42.7 Å². The van der Waals surface area contributed by atoms with Crippen LogP contribution in [0.3, 0.4) is 0 Å². The van der Waals surface area contributed by atoms with E-state index in [0.717, 1.165) is 16.8 Å². The second-order valence-electron chi connectivity index (χ2n) is 6.10. The number of benzene rings is 1. The van der Waals surface area contributed by atoms with Crippen LogP contribution in [0.5, 0.6) is 0 Å². The number of rotatable bonds is 9. The van der Waals surface area contributed by atoms with E-state index >= 15 is 0 Å². The van der Waals surface area contributed by atoms with Gasteiger partial charge in [0.1, 0.15) is 0 Å². The molecule has 0 aliphatic carbocycles. The number of hydrogen-bond acceptors (Lipinski definition) is 4. The number of carboxylic acids is 1. The lowest BCUT2D eigenvalue weighted by Crippen LogP contribution is -2.16. The van der Waals surface area contributed by atoms with E-state index in [4.69, 9.17) is 10.2 Å². The molecule has 0 fully saturated rings. The van der Waals surface area contributed by atoms with Crippen molar-refractivity contribution in [3.05, 3.63) is 72.2 Å². The van der Waals surface area contributed by atoms with Gasteiger partial charge in [-0.1, -0.05) is 30.3 Å². The smallest absolute Gasteiger partial charge is 0.303 e. The van der Waals surface area contributed by atoms with E-state index < -0.39 is 5.97 Å². The molecule has 0 radical (unpaired) electrons. The van der Waals surface area contributed by atoms with Crippen molar-refractivity contribution in [1.82, 2.24) is 20.1 Å². The van der Waals surface area contributed by atoms with E-state index in [-0.39, 0.29) is 6.42 Å². The monoisotopic (exact) mass is 350 g/mol. The van der Waals surface area contributed by atoms with Gasteiger partial charge in [-0.05, 0) is 30.7 Å². The maximum Gasteiger partial charge on any atom is 0.303 e. The molecule has 2 N–H and O–H groups in total. The first-order valence-electron chi connectivity index (χ1n) is 8.65. The van der Waals surface area contributed by atoms with Crippen LogP contribution < -0.4 is 5.32 Å². The first-order valence-corrected chi connectivity index (χ1v) is 8.65. The van der Waals surface area contributed by atoms with Crippen LogP contribution in [-0.4, -0.2) is 32.4 Å². The fourth-order valence-corrected chi connectivity index (χ4v) is 2.78. The first kappa shape index (κ1) is 17.8. The van der Waals surface area contributed by atoms with E-state index in [1.807, 2.05) is 47.4 Å². The van der Waals surface area contributed by atoms with Gasteiger partial charge in [-0.3, -0.25) is 14.5 Å². The molecule has 0 atom stereocenters. The van der Waals surface area contributed by atoms with E-state index in [1.54, 1.807) is 6.20 Å². The summed E-state index contributed by atoms with van der Waals surface area (Å²) in [6.07, 6.45) is 6.38. The molecule has 0 amide bonds. The number of aromatic nitrogens is 3. The molecule has 0 saturated carbocycles. The summed E-state index contributed by atoms with van der Waals surface area (Å²) >= 11 is 0. The molecule has 0 spiro atoms. The lowest BCUT2D eigenvalue weighted by atomic mass is 10.1. The van der Waals surface area contributed by atoms with Gasteiger partial charge in [-0.25, -0.2) is 0 Å². The average molecular weight is 350 g/mol. The van der Waals surface area contributed by atoms with Gasteiger partial charge in [-0.15, -0.1) is 0 Å². The Morgan fingerprint density at radius 2 is 2.00 bits per heavy atom. The maximum absolute atomic E-state index is 10.6. The Morgan fingerprint density at radius 3 is 2.73 bits per heavy atom. The van der Waals surface area contributed by atoms with Gasteiger partial charge in [0.15, 0.2) is 0 Å². The fourth-order valence-electron chi connectivity index (χ4n) is 2.78. The summed E-state index contributed by atoms with van der Waals surface area (Å²) in [7, 11) is 0. The molecule has 0 aliphatic heterocycles. The zero-order valence-corrected chi connectivity index (χ0v) is 14.5. The summed E-state index contributed by atoms with van der Waals surface area (Å²) in [5.41, 5.74) is 4.14. The topological polar surface area (TPSA) is 80.0 Å². The predicted octanol–water partition coefficient (Wildman–Crippen LogP) is 2.95. The first-order chi connectivity index (χ1) is 12.7. The number of nitrogens with one attached hydrogen (secondary N) is 1. The Balaban J connectivity index is 1.74. The quantitative estimate of drug-likeness (QED) is 0.580. The maximum atomic E-state index is 10.6. The van der Waals surface area contributed by atoms with Crippen LogP contribution >= 0.6 is 0 Å². The summed E-state index contributed by atoms with van der Waals surface area (Å²) in [5, 5.41) is 16.8. The highest BCUT2D eigenvalue weighted by Gasteiger charge is 2.11.